The molecule has 8 heteroatoms. The number of carbonyl (C=O) groups excluding carboxylic acids is 3. The fourth-order valence-electron chi connectivity index (χ4n) is 4.90. The first-order chi connectivity index (χ1) is 23.4. The number of hydrogen-bond donors (Lipinski definition) is 0. The highest BCUT2D eigenvalue weighted by atomic mass is 16.7. The second-order valence-electron chi connectivity index (χ2n) is 11.7. The molecule has 0 spiro atoms. The Labute approximate surface area is 285 Å². The topological polar surface area (TPSA) is 97.4 Å². The summed E-state index contributed by atoms with van der Waals surface area (Å²) >= 11 is 0. The van der Waals surface area contributed by atoms with E-state index in [-0.39, 0.29) is 5.75 Å². The molecule has 0 aromatic heterocycles. The molecule has 3 rings (SSSR count). The number of unbranched alkanes of at least 4 members (excludes halogenated alkanes) is 10. The van der Waals surface area contributed by atoms with Crippen molar-refractivity contribution in [3.63, 3.8) is 0 Å². The van der Waals surface area contributed by atoms with E-state index < -0.39 is 24.2 Å². The molecule has 0 bridgehead atoms. The molecular formula is C40H50O8. The second kappa shape index (κ2) is 22.1. The van der Waals surface area contributed by atoms with Crippen LogP contribution in [0, 0.1) is 0 Å². The molecule has 0 N–H and O–H groups in total. The third-order valence-corrected chi connectivity index (χ3v) is 7.67. The molecule has 48 heavy (non-hydrogen) atoms. The van der Waals surface area contributed by atoms with Crippen molar-refractivity contribution >= 4 is 17.9 Å². The van der Waals surface area contributed by atoms with Gasteiger partial charge in [-0.3, -0.25) is 0 Å². The van der Waals surface area contributed by atoms with Crippen molar-refractivity contribution in [3.8, 4) is 23.0 Å². The highest BCUT2D eigenvalue weighted by Crippen LogP contribution is 2.22. The molecule has 1 unspecified atom stereocenters. The van der Waals surface area contributed by atoms with Gasteiger partial charge in [0.1, 0.15) is 23.0 Å². The fourth-order valence-corrected chi connectivity index (χ4v) is 4.90. The lowest BCUT2D eigenvalue weighted by Crippen LogP contribution is -2.23. The number of benzene rings is 3. The van der Waals surface area contributed by atoms with Crippen molar-refractivity contribution in [3.05, 3.63) is 96.6 Å². The van der Waals surface area contributed by atoms with Crippen molar-refractivity contribution < 1.29 is 38.1 Å². The Morgan fingerprint density at radius 2 is 1.02 bits per heavy atom. The van der Waals surface area contributed by atoms with E-state index in [0.29, 0.717) is 35.7 Å². The van der Waals surface area contributed by atoms with E-state index in [9.17, 15) is 14.4 Å². The van der Waals surface area contributed by atoms with Crippen LogP contribution < -0.4 is 18.9 Å². The predicted molar refractivity (Wildman–Crippen MR) is 187 cm³/mol. The maximum Gasteiger partial charge on any atom is 0.343 e. The summed E-state index contributed by atoms with van der Waals surface area (Å²) in [4.78, 5) is 37.3. The molecule has 0 saturated carbocycles. The van der Waals surface area contributed by atoms with Crippen LogP contribution in [0.1, 0.15) is 118 Å². The average Bonchev–Trinajstić information content (AvgIpc) is 3.10. The van der Waals surface area contributed by atoms with Crippen LogP contribution in [0.2, 0.25) is 0 Å². The Balaban J connectivity index is 1.45. The molecule has 3 aromatic rings. The average molecular weight is 659 g/mol. The Bertz CT molecular complexity index is 1380. The van der Waals surface area contributed by atoms with Crippen LogP contribution in [0.25, 0.3) is 0 Å². The molecule has 0 aliphatic rings. The van der Waals surface area contributed by atoms with Gasteiger partial charge in [-0.1, -0.05) is 84.6 Å². The zero-order valence-electron chi connectivity index (χ0n) is 28.5. The van der Waals surface area contributed by atoms with Crippen molar-refractivity contribution in [1.29, 1.82) is 0 Å². The Kier molecular flexibility index (Phi) is 17.4. The van der Waals surface area contributed by atoms with E-state index in [2.05, 4.69) is 20.4 Å². The minimum atomic E-state index is -0.753. The van der Waals surface area contributed by atoms with Crippen molar-refractivity contribution in [2.24, 2.45) is 0 Å². The molecule has 0 amide bonds. The van der Waals surface area contributed by atoms with Crippen LogP contribution >= 0.6 is 0 Å². The Hall–Kier alpha value is -4.59. The van der Waals surface area contributed by atoms with Crippen molar-refractivity contribution in [2.75, 3.05) is 6.61 Å². The zero-order chi connectivity index (χ0) is 34.4. The Morgan fingerprint density at radius 1 is 0.583 bits per heavy atom. The van der Waals surface area contributed by atoms with Gasteiger partial charge in [0.05, 0.1) is 17.7 Å². The number of carbonyl (C=O) groups is 3. The smallest absolute Gasteiger partial charge is 0.343 e. The van der Waals surface area contributed by atoms with Gasteiger partial charge >= 0.3 is 17.9 Å². The van der Waals surface area contributed by atoms with Gasteiger partial charge in [0.2, 0.25) is 6.29 Å². The minimum absolute atomic E-state index is 0.277. The fraction of sp³-hybridized carbons (Fsp3) is 0.425. The molecule has 0 saturated heterocycles. The van der Waals surface area contributed by atoms with Crippen LogP contribution in [0.4, 0.5) is 0 Å². The summed E-state index contributed by atoms with van der Waals surface area (Å²) in [6.07, 6.45) is 14.7. The van der Waals surface area contributed by atoms with Crippen LogP contribution in [-0.2, 0) is 9.53 Å². The maximum atomic E-state index is 12.8. The number of ether oxygens (including phenoxy) is 5. The number of hydrogen-bond acceptors (Lipinski definition) is 8. The van der Waals surface area contributed by atoms with E-state index in [1.807, 2.05) is 0 Å². The van der Waals surface area contributed by atoms with Crippen LogP contribution in [-0.4, -0.2) is 30.8 Å². The first-order valence-electron chi connectivity index (χ1n) is 17.3. The van der Waals surface area contributed by atoms with Crippen LogP contribution in [0.15, 0.2) is 85.5 Å². The van der Waals surface area contributed by atoms with Crippen LogP contribution in [0.3, 0.4) is 0 Å². The third kappa shape index (κ3) is 14.4. The molecule has 0 fully saturated rings. The van der Waals surface area contributed by atoms with Crippen molar-refractivity contribution in [2.45, 2.75) is 104 Å². The van der Waals surface area contributed by atoms with E-state index in [4.69, 9.17) is 23.7 Å². The third-order valence-electron chi connectivity index (χ3n) is 7.67. The second-order valence-corrected chi connectivity index (χ2v) is 11.7. The molecule has 0 aliphatic heterocycles. The van der Waals surface area contributed by atoms with Gasteiger partial charge in [-0.25, -0.2) is 14.4 Å². The van der Waals surface area contributed by atoms with Crippen molar-refractivity contribution in [1.82, 2.24) is 0 Å². The van der Waals surface area contributed by atoms with Gasteiger partial charge in [-0.2, -0.15) is 0 Å². The lowest BCUT2D eigenvalue weighted by atomic mass is 10.1. The van der Waals surface area contributed by atoms with Crippen LogP contribution in [0.5, 0.6) is 23.0 Å². The highest BCUT2D eigenvalue weighted by molar-refractivity contribution is 5.92. The lowest BCUT2D eigenvalue weighted by molar-refractivity contribution is -0.158. The van der Waals surface area contributed by atoms with E-state index in [1.54, 1.807) is 48.5 Å². The molecule has 0 aliphatic carbocycles. The van der Waals surface area contributed by atoms with Gasteiger partial charge in [-0.15, -0.1) is 0 Å². The summed E-state index contributed by atoms with van der Waals surface area (Å²) in [6, 6.07) is 19.5. The van der Waals surface area contributed by atoms with Gasteiger partial charge < -0.3 is 23.7 Å². The molecule has 1 atom stereocenters. The molecule has 258 valence electrons. The molecule has 0 heterocycles. The first kappa shape index (κ1) is 37.9. The standard InChI is InChI=1S/C40H50O8/c1-4-7-9-11-12-13-14-15-17-38(48-37(41)6-3)45-34-22-18-31(19-23-34)39(42)46-35-24-20-32(21-25-35)40(43)47-36-28-26-33(27-29-36)44-30-16-10-8-5-2/h6,18-29,38H,3-5,7-17,30H2,1-2H3. The van der Waals surface area contributed by atoms with E-state index in [1.165, 1.54) is 69.2 Å². The molecule has 3 aromatic carbocycles. The number of rotatable bonds is 23. The van der Waals surface area contributed by atoms with Gasteiger partial charge in [0.25, 0.3) is 0 Å². The molecule has 8 nitrogen and oxygen atoms in total. The maximum absolute atomic E-state index is 12.8. The number of esters is 3. The summed E-state index contributed by atoms with van der Waals surface area (Å²) in [5, 5.41) is 0. The van der Waals surface area contributed by atoms with E-state index in [0.717, 1.165) is 43.9 Å². The molecule has 0 radical (unpaired) electrons. The summed E-state index contributed by atoms with van der Waals surface area (Å²) < 4.78 is 28.0. The lowest BCUT2D eigenvalue weighted by Gasteiger charge is -2.19. The normalized spacial score (nSPS) is 11.3. The van der Waals surface area contributed by atoms with Gasteiger partial charge in [0.15, 0.2) is 0 Å². The summed E-state index contributed by atoms with van der Waals surface area (Å²) in [6.45, 7) is 8.51. The van der Waals surface area contributed by atoms with Gasteiger partial charge in [-0.05, 0) is 85.6 Å². The van der Waals surface area contributed by atoms with Gasteiger partial charge in [0, 0.05) is 12.5 Å². The monoisotopic (exact) mass is 658 g/mol. The molecular weight excluding hydrogens is 608 g/mol. The highest BCUT2D eigenvalue weighted by Gasteiger charge is 2.16. The summed E-state index contributed by atoms with van der Waals surface area (Å²) in [5.41, 5.74) is 0.619. The largest absolute Gasteiger partial charge is 0.494 e. The minimum Gasteiger partial charge on any atom is -0.494 e. The Morgan fingerprint density at radius 3 is 1.54 bits per heavy atom. The predicted octanol–water partition coefficient (Wildman–Crippen LogP) is 10.0. The summed E-state index contributed by atoms with van der Waals surface area (Å²) in [7, 11) is 0. The quantitative estimate of drug-likeness (QED) is 0.0326. The van der Waals surface area contributed by atoms with E-state index >= 15 is 0 Å². The summed E-state index contributed by atoms with van der Waals surface area (Å²) in [5.74, 6) is 0.215. The first-order valence-corrected chi connectivity index (χ1v) is 17.3. The SMILES string of the molecule is C=CC(=O)OC(CCCCCCCCCC)Oc1ccc(C(=O)Oc2ccc(C(=O)Oc3ccc(OCCCCCC)cc3)cc2)cc1. The zero-order valence-corrected chi connectivity index (χ0v) is 28.5.